The predicted octanol–water partition coefficient (Wildman–Crippen LogP) is 3.17. The van der Waals surface area contributed by atoms with Gasteiger partial charge in [0.25, 0.3) is 0 Å². The van der Waals surface area contributed by atoms with Crippen LogP contribution in [0.5, 0.6) is 0 Å². The van der Waals surface area contributed by atoms with Gasteiger partial charge in [0.15, 0.2) is 0 Å². The molecule has 4 rings (SSSR count). The van der Waals surface area contributed by atoms with Crippen LogP contribution in [0.25, 0.3) is 0 Å². The summed E-state index contributed by atoms with van der Waals surface area (Å²) in [6, 6.07) is 13.1. The molecular formula is C25H32N4O3. The molecule has 1 atom stereocenters. The summed E-state index contributed by atoms with van der Waals surface area (Å²) in [5.41, 5.74) is 3.11. The van der Waals surface area contributed by atoms with Crippen molar-refractivity contribution in [2.75, 3.05) is 25.0 Å². The maximum atomic E-state index is 12.4. The fraction of sp³-hybridized carbons (Fsp3) is 0.480. The van der Waals surface area contributed by atoms with E-state index in [1.54, 1.807) is 0 Å². The van der Waals surface area contributed by atoms with Gasteiger partial charge in [0.05, 0.1) is 0 Å². The molecule has 3 heterocycles. The predicted molar refractivity (Wildman–Crippen MR) is 124 cm³/mol. The lowest BCUT2D eigenvalue weighted by Gasteiger charge is -2.36. The summed E-state index contributed by atoms with van der Waals surface area (Å²) in [5.74, 6) is 0.238. The van der Waals surface area contributed by atoms with Crippen LogP contribution in [0.3, 0.4) is 0 Å². The number of hydrogen-bond acceptors (Lipinski definition) is 5. The Kier molecular flexibility index (Phi) is 7.37. The summed E-state index contributed by atoms with van der Waals surface area (Å²) in [7, 11) is 0. The van der Waals surface area contributed by atoms with Gasteiger partial charge in [0, 0.05) is 37.8 Å². The van der Waals surface area contributed by atoms with Crippen LogP contribution in [0.2, 0.25) is 0 Å². The van der Waals surface area contributed by atoms with E-state index in [9.17, 15) is 14.7 Å². The summed E-state index contributed by atoms with van der Waals surface area (Å²) in [6.07, 6.45) is 5.80. The van der Waals surface area contributed by atoms with Crippen LogP contribution < -0.4 is 10.6 Å². The van der Waals surface area contributed by atoms with E-state index in [2.05, 4.69) is 22.8 Å². The number of likely N-dealkylation sites (tertiary alicyclic amines) is 1. The van der Waals surface area contributed by atoms with Crippen molar-refractivity contribution in [2.24, 2.45) is 0 Å². The maximum absolute atomic E-state index is 12.4. The average Bonchev–Trinajstić information content (AvgIpc) is 2.81. The van der Waals surface area contributed by atoms with Gasteiger partial charge >= 0.3 is 5.97 Å². The third kappa shape index (κ3) is 5.65. The van der Waals surface area contributed by atoms with Crippen LogP contribution in [0.4, 0.5) is 5.82 Å². The number of carboxylic acids is 1. The third-order valence-electron chi connectivity index (χ3n) is 6.40. The molecule has 1 amide bonds. The highest BCUT2D eigenvalue weighted by Crippen LogP contribution is 2.25. The van der Waals surface area contributed by atoms with Crippen molar-refractivity contribution in [2.45, 2.75) is 57.0 Å². The average molecular weight is 437 g/mol. The molecule has 2 aliphatic rings. The first-order valence-corrected chi connectivity index (χ1v) is 11.6. The first kappa shape index (κ1) is 22.3. The minimum absolute atomic E-state index is 0.0670. The van der Waals surface area contributed by atoms with E-state index in [1.807, 2.05) is 35.2 Å². The monoisotopic (exact) mass is 436 g/mol. The summed E-state index contributed by atoms with van der Waals surface area (Å²) >= 11 is 0. The maximum Gasteiger partial charge on any atom is 0.325 e. The number of rotatable bonds is 8. The quantitative estimate of drug-likeness (QED) is 0.588. The lowest BCUT2D eigenvalue weighted by atomic mass is 9.99. The Bertz CT molecular complexity index is 926. The number of nitrogens with zero attached hydrogens (tertiary/aromatic N) is 2. The van der Waals surface area contributed by atoms with Crippen LogP contribution in [-0.2, 0) is 22.4 Å². The molecular weight excluding hydrogens is 404 g/mol. The largest absolute Gasteiger partial charge is 0.480 e. The topological polar surface area (TPSA) is 94.6 Å². The van der Waals surface area contributed by atoms with E-state index < -0.39 is 12.0 Å². The second kappa shape index (κ2) is 10.6. The molecule has 7 nitrogen and oxygen atoms in total. The van der Waals surface area contributed by atoms with Crippen LogP contribution >= 0.6 is 0 Å². The van der Waals surface area contributed by atoms with E-state index in [0.717, 1.165) is 62.1 Å². The fourth-order valence-electron chi connectivity index (χ4n) is 4.68. The number of anilines is 1. The second-order valence-electron chi connectivity index (χ2n) is 8.72. The number of fused-ring (bicyclic) bond motifs is 1. The fourth-order valence-corrected chi connectivity index (χ4v) is 4.68. The number of aliphatic carboxylic acids is 1. The molecule has 0 bridgehead atoms. The Morgan fingerprint density at radius 2 is 1.94 bits per heavy atom. The first-order chi connectivity index (χ1) is 15.6. The van der Waals surface area contributed by atoms with Crippen molar-refractivity contribution in [1.82, 2.24) is 15.2 Å². The molecule has 0 radical (unpaired) electrons. The molecule has 1 aromatic heterocycles. The number of aromatic nitrogens is 1. The minimum atomic E-state index is -0.829. The molecule has 0 spiro atoms. The molecule has 1 fully saturated rings. The number of aryl methyl sites for hydroxylation is 2. The minimum Gasteiger partial charge on any atom is -0.480 e. The van der Waals surface area contributed by atoms with Crippen molar-refractivity contribution in [3.63, 3.8) is 0 Å². The second-order valence-corrected chi connectivity index (χ2v) is 8.72. The van der Waals surface area contributed by atoms with Gasteiger partial charge in [0.2, 0.25) is 5.91 Å². The van der Waals surface area contributed by atoms with Gasteiger partial charge in [-0.3, -0.25) is 14.5 Å². The third-order valence-corrected chi connectivity index (χ3v) is 6.40. The highest BCUT2D eigenvalue weighted by Gasteiger charge is 2.31. The van der Waals surface area contributed by atoms with Crippen LogP contribution in [0, 0.1) is 0 Å². The Morgan fingerprint density at radius 1 is 1.16 bits per heavy atom. The zero-order valence-corrected chi connectivity index (χ0v) is 18.4. The Labute approximate surface area is 189 Å². The van der Waals surface area contributed by atoms with E-state index in [-0.39, 0.29) is 11.9 Å². The number of nitrogens with one attached hydrogen (secondary N) is 2. The normalized spacial score (nSPS) is 17.8. The Morgan fingerprint density at radius 3 is 2.69 bits per heavy atom. The van der Waals surface area contributed by atoms with Crippen molar-refractivity contribution in [3.05, 3.63) is 59.3 Å². The van der Waals surface area contributed by atoms with Crippen LogP contribution in [-0.4, -0.2) is 52.5 Å². The summed E-state index contributed by atoms with van der Waals surface area (Å²) < 4.78 is 0. The molecule has 0 unspecified atom stereocenters. The molecule has 0 saturated carbocycles. The lowest BCUT2D eigenvalue weighted by Crippen LogP contribution is -2.47. The Hall–Kier alpha value is -2.93. The molecule has 32 heavy (non-hydrogen) atoms. The zero-order valence-electron chi connectivity index (χ0n) is 18.4. The Balaban J connectivity index is 1.20. The molecule has 3 N–H and O–H groups in total. The standard InChI is InChI=1S/C25H32N4O3/c30-22(10-4-9-20-12-11-19-8-5-15-26-24(19)28-20)27-21-13-16-29(17-14-21)23(25(31)32)18-6-2-1-3-7-18/h1-3,6-7,11-12,21,23H,4-5,8-10,13-17H2,(H,26,28)(H,27,30)(H,31,32)/t23-/m1/s1. The molecule has 1 aromatic carbocycles. The number of carbonyl (C=O) groups excluding carboxylic acids is 1. The molecule has 170 valence electrons. The SMILES string of the molecule is O=C(CCCc1ccc2c(n1)NCCC2)NC1CCN([C@@H](C(=O)O)c2ccccc2)CC1. The van der Waals surface area contributed by atoms with Gasteiger partial charge in [-0.15, -0.1) is 0 Å². The number of amides is 1. The van der Waals surface area contributed by atoms with Crippen molar-refractivity contribution in [3.8, 4) is 0 Å². The highest BCUT2D eigenvalue weighted by molar-refractivity contribution is 5.76. The summed E-state index contributed by atoms with van der Waals surface area (Å²) in [6.45, 7) is 2.29. The molecule has 1 saturated heterocycles. The summed E-state index contributed by atoms with van der Waals surface area (Å²) in [4.78, 5) is 31.0. The highest BCUT2D eigenvalue weighted by atomic mass is 16.4. The number of benzene rings is 1. The van der Waals surface area contributed by atoms with Crippen LogP contribution in [0.15, 0.2) is 42.5 Å². The molecule has 2 aromatic rings. The van der Waals surface area contributed by atoms with Gasteiger partial charge in [-0.05, 0) is 55.7 Å². The van der Waals surface area contributed by atoms with Crippen molar-refractivity contribution >= 4 is 17.7 Å². The van der Waals surface area contributed by atoms with Crippen molar-refractivity contribution in [1.29, 1.82) is 0 Å². The van der Waals surface area contributed by atoms with Gasteiger partial charge in [0.1, 0.15) is 11.9 Å². The number of carboxylic acid groups (broad SMARTS) is 1. The van der Waals surface area contributed by atoms with Gasteiger partial charge in [-0.25, -0.2) is 4.98 Å². The van der Waals surface area contributed by atoms with E-state index in [1.165, 1.54) is 5.56 Å². The number of hydrogen-bond donors (Lipinski definition) is 3. The lowest BCUT2D eigenvalue weighted by molar-refractivity contribution is -0.144. The number of carbonyl (C=O) groups is 2. The van der Waals surface area contributed by atoms with Gasteiger partial charge < -0.3 is 15.7 Å². The van der Waals surface area contributed by atoms with E-state index in [0.29, 0.717) is 19.5 Å². The molecule has 0 aliphatic carbocycles. The van der Waals surface area contributed by atoms with Gasteiger partial charge in [-0.2, -0.15) is 0 Å². The van der Waals surface area contributed by atoms with Crippen molar-refractivity contribution < 1.29 is 14.7 Å². The van der Waals surface area contributed by atoms with E-state index >= 15 is 0 Å². The van der Waals surface area contributed by atoms with Gasteiger partial charge in [-0.1, -0.05) is 36.4 Å². The molecule has 2 aliphatic heterocycles. The summed E-state index contributed by atoms with van der Waals surface area (Å²) in [5, 5.41) is 16.2. The number of pyridine rings is 1. The smallest absolute Gasteiger partial charge is 0.325 e. The number of piperidine rings is 1. The van der Waals surface area contributed by atoms with E-state index in [4.69, 9.17) is 4.98 Å². The van der Waals surface area contributed by atoms with Crippen LogP contribution in [0.1, 0.15) is 55.0 Å². The molecule has 7 heteroatoms. The zero-order chi connectivity index (χ0) is 22.3. The first-order valence-electron chi connectivity index (χ1n) is 11.6.